The summed E-state index contributed by atoms with van der Waals surface area (Å²) in [5.41, 5.74) is 3.06. The van der Waals surface area contributed by atoms with Gasteiger partial charge in [0, 0.05) is 18.5 Å². The topological polar surface area (TPSA) is 69.0 Å². The van der Waals surface area contributed by atoms with Crippen molar-refractivity contribution in [2.24, 2.45) is 7.05 Å². The molecule has 1 amide bonds. The van der Waals surface area contributed by atoms with Crippen molar-refractivity contribution < 1.29 is 9.53 Å². The highest BCUT2D eigenvalue weighted by Gasteiger charge is 2.13. The number of benzene rings is 2. The first-order valence-electron chi connectivity index (χ1n) is 9.77. The number of methoxy groups -OCH3 is 1. The van der Waals surface area contributed by atoms with E-state index in [1.54, 1.807) is 25.3 Å². The smallest absolute Gasteiger partial charge is 0.234 e. The van der Waals surface area contributed by atoms with Gasteiger partial charge in [-0.15, -0.1) is 10.2 Å². The van der Waals surface area contributed by atoms with Gasteiger partial charge in [-0.3, -0.25) is 4.79 Å². The number of nitrogens with zero attached hydrogens (tertiary/aromatic N) is 3. The van der Waals surface area contributed by atoms with Gasteiger partial charge in [-0.05, 0) is 61.2 Å². The van der Waals surface area contributed by atoms with Gasteiger partial charge in [0.2, 0.25) is 5.91 Å². The first kappa shape index (κ1) is 23.4. The van der Waals surface area contributed by atoms with Crippen molar-refractivity contribution in [1.82, 2.24) is 14.8 Å². The minimum atomic E-state index is -0.172. The molecule has 0 aliphatic heterocycles. The zero-order valence-electron chi connectivity index (χ0n) is 17.6. The van der Waals surface area contributed by atoms with Gasteiger partial charge in [-0.25, -0.2) is 0 Å². The Labute approximate surface area is 196 Å². The van der Waals surface area contributed by atoms with Gasteiger partial charge in [0.25, 0.3) is 0 Å². The number of hydrogen-bond acceptors (Lipinski definition) is 5. The van der Waals surface area contributed by atoms with Gasteiger partial charge in [-0.2, -0.15) is 0 Å². The van der Waals surface area contributed by atoms with Crippen LogP contribution in [0.15, 0.2) is 41.6 Å². The Hall–Kier alpha value is -2.22. The molecule has 0 bridgehead atoms. The lowest BCUT2D eigenvalue weighted by atomic mass is 10.0. The fraction of sp³-hybridized carbons (Fsp3) is 0.318. The molecule has 0 aliphatic rings. The van der Waals surface area contributed by atoms with E-state index in [2.05, 4.69) is 34.6 Å². The van der Waals surface area contributed by atoms with Crippen molar-refractivity contribution in [2.75, 3.05) is 18.2 Å². The maximum absolute atomic E-state index is 12.3. The summed E-state index contributed by atoms with van der Waals surface area (Å²) in [7, 11) is 3.60. The first-order chi connectivity index (χ1) is 14.9. The second-order valence-corrected chi connectivity index (χ2v) is 8.85. The van der Waals surface area contributed by atoms with Crippen molar-refractivity contribution >= 4 is 46.6 Å². The summed E-state index contributed by atoms with van der Waals surface area (Å²) in [6.07, 6.45) is 2.72. The molecule has 0 saturated heterocycles. The predicted molar refractivity (Wildman–Crippen MR) is 127 cm³/mol. The normalized spacial score (nSPS) is 10.9. The Balaban J connectivity index is 1.50. The van der Waals surface area contributed by atoms with Crippen molar-refractivity contribution in [3.8, 4) is 5.75 Å². The van der Waals surface area contributed by atoms with Crippen LogP contribution in [0.3, 0.4) is 0 Å². The van der Waals surface area contributed by atoms with Crippen LogP contribution in [0.1, 0.15) is 23.4 Å². The lowest BCUT2D eigenvalue weighted by Crippen LogP contribution is -2.14. The number of nitrogens with one attached hydrogen (secondary N) is 1. The van der Waals surface area contributed by atoms with Crippen LogP contribution in [0, 0.1) is 6.92 Å². The average molecular weight is 479 g/mol. The summed E-state index contributed by atoms with van der Waals surface area (Å²) >= 11 is 13.3. The van der Waals surface area contributed by atoms with E-state index in [4.69, 9.17) is 27.9 Å². The standard InChI is InChI=1S/C22H24Cl2N4O2S/c1-14-11-17(30-3)9-7-15(14)5-4-6-20-26-27-22(28(20)2)31-13-21(29)25-19-10-8-16(23)12-18(19)24/h7-12H,4-6,13H2,1-3H3,(H,25,29). The third kappa shape index (κ3) is 6.38. The SMILES string of the molecule is COc1ccc(CCCc2nnc(SCC(=O)Nc3ccc(Cl)cc3Cl)n2C)c(C)c1. The maximum atomic E-state index is 12.3. The minimum absolute atomic E-state index is 0.172. The van der Waals surface area contributed by atoms with Gasteiger partial charge >= 0.3 is 0 Å². The lowest BCUT2D eigenvalue weighted by Gasteiger charge is -2.08. The second-order valence-electron chi connectivity index (χ2n) is 7.06. The molecule has 31 heavy (non-hydrogen) atoms. The van der Waals surface area contributed by atoms with Crippen molar-refractivity contribution in [1.29, 1.82) is 0 Å². The third-order valence-electron chi connectivity index (χ3n) is 4.86. The molecule has 1 aromatic heterocycles. The lowest BCUT2D eigenvalue weighted by molar-refractivity contribution is -0.113. The summed E-state index contributed by atoms with van der Waals surface area (Å²) < 4.78 is 7.20. The molecule has 0 radical (unpaired) electrons. The number of rotatable bonds is 9. The van der Waals surface area contributed by atoms with Gasteiger partial charge in [0.05, 0.1) is 23.6 Å². The summed E-state index contributed by atoms with van der Waals surface area (Å²) in [5.74, 6) is 1.80. The van der Waals surface area contributed by atoms with Crippen LogP contribution in [0.25, 0.3) is 0 Å². The highest BCUT2D eigenvalue weighted by molar-refractivity contribution is 7.99. The molecule has 6 nitrogen and oxygen atoms in total. The molecule has 1 heterocycles. The Bertz CT molecular complexity index is 1070. The number of thioether (sulfide) groups is 1. The number of halogens is 2. The Morgan fingerprint density at radius 3 is 2.68 bits per heavy atom. The van der Waals surface area contributed by atoms with E-state index in [9.17, 15) is 4.79 Å². The summed E-state index contributed by atoms with van der Waals surface area (Å²) in [5, 5.41) is 12.9. The molecule has 164 valence electrons. The molecule has 3 aromatic rings. The van der Waals surface area contributed by atoms with E-state index in [0.717, 1.165) is 30.8 Å². The Morgan fingerprint density at radius 1 is 1.16 bits per heavy atom. The molecule has 1 N–H and O–H groups in total. The molecular formula is C22H24Cl2N4O2S. The number of carbonyl (C=O) groups is 1. The summed E-state index contributed by atoms with van der Waals surface area (Å²) in [4.78, 5) is 12.3. The van der Waals surface area contributed by atoms with E-state index in [0.29, 0.717) is 20.9 Å². The summed E-state index contributed by atoms with van der Waals surface area (Å²) in [6, 6.07) is 11.1. The number of ether oxygens (including phenoxy) is 1. The van der Waals surface area contributed by atoms with Crippen LogP contribution in [0.5, 0.6) is 5.75 Å². The average Bonchev–Trinajstić information content (AvgIpc) is 3.09. The number of hydrogen-bond donors (Lipinski definition) is 1. The van der Waals surface area contributed by atoms with Crippen molar-refractivity contribution in [3.63, 3.8) is 0 Å². The quantitative estimate of drug-likeness (QED) is 0.420. The molecule has 2 aromatic carbocycles. The number of anilines is 1. The molecule has 0 aliphatic carbocycles. The zero-order valence-corrected chi connectivity index (χ0v) is 19.9. The van der Waals surface area contributed by atoms with Gasteiger partial charge in [-0.1, -0.05) is 41.0 Å². The van der Waals surface area contributed by atoms with Crippen LogP contribution in [-0.4, -0.2) is 33.5 Å². The van der Waals surface area contributed by atoms with Crippen molar-refractivity contribution in [3.05, 3.63) is 63.4 Å². The fourth-order valence-electron chi connectivity index (χ4n) is 3.11. The molecule has 9 heteroatoms. The third-order valence-corrected chi connectivity index (χ3v) is 6.43. The molecule has 0 unspecified atom stereocenters. The summed E-state index contributed by atoms with van der Waals surface area (Å²) in [6.45, 7) is 2.09. The van der Waals surface area contributed by atoms with E-state index < -0.39 is 0 Å². The van der Waals surface area contributed by atoms with Crippen LogP contribution in [0.2, 0.25) is 10.0 Å². The number of aromatic nitrogens is 3. The highest BCUT2D eigenvalue weighted by Crippen LogP contribution is 2.26. The largest absolute Gasteiger partial charge is 0.497 e. The van der Waals surface area contributed by atoms with E-state index in [1.807, 2.05) is 17.7 Å². The zero-order chi connectivity index (χ0) is 22.4. The highest BCUT2D eigenvalue weighted by atomic mass is 35.5. The van der Waals surface area contributed by atoms with E-state index in [1.165, 1.54) is 22.9 Å². The fourth-order valence-corrected chi connectivity index (χ4v) is 4.29. The minimum Gasteiger partial charge on any atom is -0.497 e. The molecule has 0 fully saturated rings. The van der Waals surface area contributed by atoms with E-state index >= 15 is 0 Å². The van der Waals surface area contributed by atoms with Gasteiger partial charge in [0.15, 0.2) is 5.16 Å². The van der Waals surface area contributed by atoms with Crippen LogP contribution in [0.4, 0.5) is 5.69 Å². The predicted octanol–water partition coefficient (Wildman–Crippen LogP) is 5.35. The molecule has 3 rings (SSSR count). The van der Waals surface area contributed by atoms with Gasteiger partial charge < -0.3 is 14.6 Å². The Morgan fingerprint density at radius 2 is 1.97 bits per heavy atom. The molecular weight excluding hydrogens is 455 g/mol. The first-order valence-corrected chi connectivity index (χ1v) is 11.5. The second kappa shape index (κ2) is 10.9. The Kier molecular flexibility index (Phi) is 8.23. The van der Waals surface area contributed by atoms with Crippen LogP contribution >= 0.6 is 35.0 Å². The molecule has 0 atom stereocenters. The molecule has 0 spiro atoms. The number of carbonyl (C=O) groups excluding carboxylic acids is 1. The number of aryl methyl sites for hydroxylation is 3. The van der Waals surface area contributed by atoms with Gasteiger partial charge in [0.1, 0.15) is 11.6 Å². The van der Waals surface area contributed by atoms with E-state index in [-0.39, 0.29) is 11.7 Å². The van der Waals surface area contributed by atoms with Crippen LogP contribution in [-0.2, 0) is 24.7 Å². The monoisotopic (exact) mass is 478 g/mol. The van der Waals surface area contributed by atoms with Crippen molar-refractivity contribution in [2.45, 2.75) is 31.3 Å². The number of amides is 1. The molecule has 0 saturated carbocycles. The van der Waals surface area contributed by atoms with Crippen LogP contribution < -0.4 is 10.1 Å². The maximum Gasteiger partial charge on any atom is 0.234 e.